The zero-order valence-electron chi connectivity index (χ0n) is 15.1. The molecule has 1 aliphatic heterocycles. The number of hydrogen-bond acceptors (Lipinski definition) is 3. The Bertz CT molecular complexity index is 915. The molecule has 4 heteroatoms. The lowest BCUT2D eigenvalue weighted by atomic mass is 9.74. The van der Waals surface area contributed by atoms with Gasteiger partial charge in [0.05, 0.1) is 16.7 Å². The van der Waals surface area contributed by atoms with Gasteiger partial charge >= 0.3 is 7.12 Å². The fourth-order valence-corrected chi connectivity index (χ4v) is 3.24. The summed E-state index contributed by atoms with van der Waals surface area (Å²) in [5, 5.41) is 1.13. The van der Waals surface area contributed by atoms with E-state index in [4.69, 9.17) is 9.31 Å². The molecule has 0 amide bonds. The van der Waals surface area contributed by atoms with Crippen LogP contribution in [0.25, 0.3) is 22.0 Å². The Morgan fingerprint density at radius 3 is 2.16 bits per heavy atom. The third-order valence-electron chi connectivity index (χ3n) is 5.39. The van der Waals surface area contributed by atoms with Crippen LogP contribution < -0.4 is 5.46 Å². The minimum Gasteiger partial charge on any atom is -0.399 e. The number of para-hydroxylation sites is 1. The highest BCUT2D eigenvalue weighted by molar-refractivity contribution is 6.64. The molecule has 0 aliphatic carbocycles. The summed E-state index contributed by atoms with van der Waals surface area (Å²) in [5.41, 5.74) is 3.52. The average Bonchev–Trinajstić information content (AvgIpc) is 2.82. The van der Waals surface area contributed by atoms with E-state index in [0.29, 0.717) is 0 Å². The summed E-state index contributed by atoms with van der Waals surface area (Å²) >= 11 is 0. The number of fused-ring (bicyclic) bond motifs is 1. The van der Waals surface area contributed by atoms with Gasteiger partial charge in [-0.3, -0.25) is 4.98 Å². The van der Waals surface area contributed by atoms with E-state index < -0.39 is 0 Å². The lowest BCUT2D eigenvalue weighted by Gasteiger charge is -2.32. The zero-order valence-corrected chi connectivity index (χ0v) is 15.1. The smallest absolute Gasteiger partial charge is 0.399 e. The van der Waals surface area contributed by atoms with Crippen LogP contribution in [-0.2, 0) is 9.31 Å². The highest BCUT2D eigenvalue weighted by atomic mass is 16.7. The van der Waals surface area contributed by atoms with Gasteiger partial charge in [0.1, 0.15) is 0 Å². The SMILES string of the molecule is CC1(C)OB(c2ccccc2-c2cccc3cccnc23)OC1(C)C. The van der Waals surface area contributed by atoms with Gasteiger partial charge in [-0.2, -0.15) is 0 Å². The van der Waals surface area contributed by atoms with Gasteiger partial charge in [0, 0.05) is 17.1 Å². The van der Waals surface area contributed by atoms with Crippen LogP contribution in [0.2, 0.25) is 0 Å². The summed E-state index contributed by atoms with van der Waals surface area (Å²) in [6.45, 7) is 8.31. The second kappa shape index (κ2) is 5.68. The van der Waals surface area contributed by atoms with Gasteiger partial charge < -0.3 is 9.31 Å². The Morgan fingerprint density at radius 1 is 0.760 bits per heavy atom. The van der Waals surface area contributed by atoms with Crippen LogP contribution in [0.15, 0.2) is 60.8 Å². The Morgan fingerprint density at radius 2 is 1.40 bits per heavy atom. The third kappa shape index (κ3) is 2.66. The van der Waals surface area contributed by atoms with Crippen molar-refractivity contribution >= 4 is 23.5 Å². The second-order valence-electron chi connectivity index (χ2n) is 7.56. The van der Waals surface area contributed by atoms with E-state index >= 15 is 0 Å². The Labute approximate surface area is 149 Å². The van der Waals surface area contributed by atoms with Gasteiger partial charge in [-0.05, 0) is 44.8 Å². The van der Waals surface area contributed by atoms with Crippen molar-refractivity contribution in [3.63, 3.8) is 0 Å². The summed E-state index contributed by atoms with van der Waals surface area (Å²) in [4.78, 5) is 4.60. The van der Waals surface area contributed by atoms with Crippen molar-refractivity contribution in [1.29, 1.82) is 0 Å². The fraction of sp³-hybridized carbons (Fsp3) is 0.286. The predicted molar refractivity (Wildman–Crippen MR) is 103 cm³/mol. The quantitative estimate of drug-likeness (QED) is 0.660. The monoisotopic (exact) mass is 331 g/mol. The standard InChI is InChI=1S/C21H22BNO2/c1-20(2)21(3,4)25-22(24-20)18-13-6-5-11-16(18)17-12-7-9-15-10-8-14-23-19(15)17/h5-14H,1-4H3. The summed E-state index contributed by atoms with van der Waals surface area (Å²) in [6.07, 6.45) is 1.84. The Kier molecular flexibility index (Phi) is 3.71. The molecule has 2 aromatic carbocycles. The molecule has 2 heterocycles. The molecule has 1 fully saturated rings. The van der Waals surface area contributed by atoms with Crippen LogP contribution in [0, 0.1) is 0 Å². The molecule has 25 heavy (non-hydrogen) atoms. The summed E-state index contributed by atoms with van der Waals surface area (Å²) in [5.74, 6) is 0. The molecule has 1 saturated heterocycles. The molecule has 126 valence electrons. The van der Waals surface area contributed by atoms with E-state index in [0.717, 1.165) is 27.5 Å². The van der Waals surface area contributed by atoms with Gasteiger partial charge in [0.15, 0.2) is 0 Å². The molecule has 0 bridgehead atoms. The van der Waals surface area contributed by atoms with E-state index in [2.05, 4.69) is 69.1 Å². The van der Waals surface area contributed by atoms with Crippen LogP contribution in [-0.4, -0.2) is 23.3 Å². The van der Waals surface area contributed by atoms with E-state index in [1.807, 2.05) is 24.4 Å². The third-order valence-corrected chi connectivity index (χ3v) is 5.39. The van der Waals surface area contributed by atoms with Crippen molar-refractivity contribution < 1.29 is 9.31 Å². The number of nitrogens with zero attached hydrogens (tertiary/aromatic N) is 1. The molecule has 1 aromatic heterocycles. The molecule has 3 aromatic rings. The highest BCUT2D eigenvalue weighted by Crippen LogP contribution is 2.37. The Hall–Kier alpha value is -2.17. The zero-order chi connectivity index (χ0) is 17.7. The molecule has 0 N–H and O–H groups in total. The molecule has 3 nitrogen and oxygen atoms in total. The molecule has 0 radical (unpaired) electrons. The van der Waals surface area contributed by atoms with Crippen LogP contribution in [0.5, 0.6) is 0 Å². The molecule has 1 aliphatic rings. The van der Waals surface area contributed by atoms with Gasteiger partial charge in [-0.25, -0.2) is 0 Å². The number of rotatable bonds is 2. The topological polar surface area (TPSA) is 31.4 Å². The van der Waals surface area contributed by atoms with Crippen LogP contribution in [0.3, 0.4) is 0 Å². The lowest BCUT2D eigenvalue weighted by molar-refractivity contribution is 0.00578. The van der Waals surface area contributed by atoms with E-state index in [-0.39, 0.29) is 18.3 Å². The summed E-state index contributed by atoms with van der Waals surface area (Å²) in [6, 6.07) is 18.6. The molecular formula is C21H22BNO2. The van der Waals surface area contributed by atoms with Crippen molar-refractivity contribution in [3.05, 3.63) is 60.8 Å². The van der Waals surface area contributed by atoms with Gasteiger partial charge in [0.2, 0.25) is 0 Å². The van der Waals surface area contributed by atoms with E-state index in [1.54, 1.807) is 0 Å². The van der Waals surface area contributed by atoms with Crippen molar-refractivity contribution in [2.75, 3.05) is 0 Å². The maximum absolute atomic E-state index is 6.28. The first kappa shape index (κ1) is 16.3. The molecule has 0 atom stereocenters. The van der Waals surface area contributed by atoms with Crippen LogP contribution in [0.4, 0.5) is 0 Å². The van der Waals surface area contributed by atoms with E-state index in [9.17, 15) is 0 Å². The average molecular weight is 331 g/mol. The highest BCUT2D eigenvalue weighted by Gasteiger charge is 2.52. The minimum atomic E-state index is -0.389. The van der Waals surface area contributed by atoms with Gasteiger partial charge in [0.25, 0.3) is 0 Å². The predicted octanol–water partition coefficient (Wildman–Crippen LogP) is 4.20. The van der Waals surface area contributed by atoms with Gasteiger partial charge in [-0.1, -0.05) is 48.5 Å². The molecular weight excluding hydrogens is 309 g/mol. The molecule has 0 saturated carbocycles. The van der Waals surface area contributed by atoms with Crippen molar-refractivity contribution in [1.82, 2.24) is 4.98 Å². The fourth-order valence-electron chi connectivity index (χ4n) is 3.24. The Balaban J connectivity index is 1.86. The number of benzene rings is 2. The summed E-state index contributed by atoms with van der Waals surface area (Å²) in [7, 11) is -0.389. The maximum Gasteiger partial charge on any atom is 0.495 e. The van der Waals surface area contributed by atoms with Crippen LogP contribution >= 0.6 is 0 Å². The first-order valence-corrected chi connectivity index (χ1v) is 8.68. The van der Waals surface area contributed by atoms with Gasteiger partial charge in [-0.15, -0.1) is 0 Å². The largest absolute Gasteiger partial charge is 0.495 e. The first-order valence-electron chi connectivity index (χ1n) is 8.68. The summed E-state index contributed by atoms with van der Waals surface area (Å²) < 4.78 is 12.6. The molecule has 0 spiro atoms. The maximum atomic E-state index is 6.28. The van der Waals surface area contributed by atoms with Crippen molar-refractivity contribution in [2.24, 2.45) is 0 Å². The number of hydrogen-bond donors (Lipinski definition) is 0. The van der Waals surface area contributed by atoms with E-state index in [1.165, 1.54) is 0 Å². The van der Waals surface area contributed by atoms with Crippen molar-refractivity contribution in [3.8, 4) is 11.1 Å². The van der Waals surface area contributed by atoms with Crippen molar-refractivity contribution in [2.45, 2.75) is 38.9 Å². The first-order chi connectivity index (χ1) is 11.9. The minimum absolute atomic E-state index is 0.359. The molecule has 4 rings (SSSR count). The normalized spacial score (nSPS) is 18.6. The number of pyridine rings is 1. The van der Waals surface area contributed by atoms with Crippen LogP contribution in [0.1, 0.15) is 27.7 Å². The second-order valence-corrected chi connectivity index (χ2v) is 7.56. The molecule has 0 unspecified atom stereocenters. The lowest BCUT2D eigenvalue weighted by Crippen LogP contribution is -2.41. The number of aromatic nitrogens is 1.